The smallest absolute Gasteiger partial charge is 0.481 e. The highest BCUT2D eigenvalue weighted by Crippen LogP contribution is 2.40. The molecule has 3 rings (SSSR count). The second-order valence-electron chi connectivity index (χ2n) is 9.70. The van der Waals surface area contributed by atoms with E-state index in [9.17, 15) is 31.1 Å². The Labute approximate surface area is 233 Å². The van der Waals surface area contributed by atoms with Crippen molar-refractivity contribution in [3.63, 3.8) is 0 Å². The number of alkyl halides is 6. The van der Waals surface area contributed by atoms with Crippen molar-refractivity contribution in [1.82, 2.24) is 10.6 Å². The highest BCUT2D eigenvalue weighted by atomic mass is 19.4. The summed E-state index contributed by atoms with van der Waals surface area (Å²) < 4.78 is 63.5. The summed E-state index contributed by atoms with van der Waals surface area (Å²) in [4.78, 5) is 28.4. The lowest BCUT2D eigenvalue weighted by Gasteiger charge is -2.30. The molecule has 0 saturated heterocycles. The van der Waals surface area contributed by atoms with E-state index in [-0.39, 0.29) is 6.42 Å². The first-order chi connectivity index (χ1) is 19.0. The third kappa shape index (κ3) is 15.4. The van der Waals surface area contributed by atoms with Crippen LogP contribution in [0, 0.1) is 5.92 Å². The van der Waals surface area contributed by atoms with E-state index < -0.39 is 30.3 Å². The van der Waals surface area contributed by atoms with Gasteiger partial charge in [0.25, 0.3) is 0 Å². The molecule has 232 valence electrons. The van der Waals surface area contributed by atoms with Gasteiger partial charge in [-0.25, -0.2) is 9.59 Å². The highest BCUT2D eigenvalue weighted by Gasteiger charge is 2.41. The van der Waals surface area contributed by atoms with Gasteiger partial charge in [-0.2, -0.15) is 26.3 Å². The average Bonchev–Trinajstić information content (AvgIpc) is 3.65. The zero-order valence-electron chi connectivity index (χ0n) is 22.5. The number of rotatable bonds is 10. The number of carboxylic acids is 3. The molecule has 0 unspecified atom stereocenters. The van der Waals surface area contributed by atoms with Gasteiger partial charge in [0, 0.05) is 24.5 Å². The van der Waals surface area contributed by atoms with Crippen molar-refractivity contribution in [2.45, 2.75) is 88.8 Å². The maximum absolute atomic E-state index is 10.6. The van der Waals surface area contributed by atoms with Crippen LogP contribution >= 0.6 is 0 Å². The van der Waals surface area contributed by atoms with Crippen molar-refractivity contribution in [2.24, 2.45) is 5.92 Å². The minimum atomic E-state index is -5.08. The van der Waals surface area contributed by atoms with Crippen LogP contribution in [0.25, 0.3) is 6.08 Å². The molecular formula is C27H36F6N2O6. The Bertz CT molecular complexity index is 968. The Balaban J connectivity index is 0.000000497. The summed E-state index contributed by atoms with van der Waals surface area (Å²) in [6.07, 6.45) is 0.460. The van der Waals surface area contributed by atoms with Crippen LogP contribution < -0.4 is 10.6 Å². The molecule has 2 atom stereocenters. The molecule has 0 amide bonds. The minimum Gasteiger partial charge on any atom is -0.481 e. The first kappa shape index (κ1) is 35.9. The van der Waals surface area contributed by atoms with Crippen molar-refractivity contribution in [3.8, 4) is 0 Å². The number of carboxylic acid groups (broad SMARTS) is 3. The summed E-state index contributed by atoms with van der Waals surface area (Å²) in [6.45, 7) is 3.09. The molecule has 2 aliphatic carbocycles. The SMILES string of the molecule is CC/C(=C\c1ccccc1)[C@@H]1C[C@H]1N[C@H]1CC[C@H](NCCCC(=O)O)CC1.O=C(O)C(F)(F)F.O=C(O)C(F)(F)F. The van der Waals surface area contributed by atoms with Crippen LogP contribution in [-0.2, 0) is 14.4 Å². The van der Waals surface area contributed by atoms with Gasteiger partial charge in [0.15, 0.2) is 0 Å². The molecule has 1 aromatic carbocycles. The third-order valence-electron chi connectivity index (χ3n) is 6.49. The zero-order chi connectivity index (χ0) is 31.2. The maximum Gasteiger partial charge on any atom is 0.490 e. The fourth-order valence-electron chi connectivity index (χ4n) is 4.34. The molecule has 14 heteroatoms. The van der Waals surface area contributed by atoms with E-state index in [1.165, 1.54) is 37.7 Å². The van der Waals surface area contributed by atoms with E-state index in [1.807, 2.05) is 0 Å². The molecule has 41 heavy (non-hydrogen) atoms. The minimum absolute atomic E-state index is 0.267. The summed E-state index contributed by atoms with van der Waals surface area (Å²) in [5, 5.41) is 30.4. The number of carbonyl (C=O) groups is 3. The number of hydrogen-bond acceptors (Lipinski definition) is 5. The van der Waals surface area contributed by atoms with Crippen LogP contribution in [-0.4, -0.2) is 70.3 Å². The van der Waals surface area contributed by atoms with E-state index >= 15 is 0 Å². The van der Waals surface area contributed by atoms with Crippen LogP contribution in [0.5, 0.6) is 0 Å². The van der Waals surface area contributed by atoms with Gasteiger partial charge in [-0.05, 0) is 63.0 Å². The molecule has 2 aliphatic rings. The van der Waals surface area contributed by atoms with Crippen LogP contribution in [0.2, 0.25) is 0 Å². The monoisotopic (exact) mass is 598 g/mol. The summed E-state index contributed by atoms with van der Waals surface area (Å²) in [5.41, 5.74) is 2.89. The highest BCUT2D eigenvalue weighted by molar-refractivity contribution is 5.73. The largest absolute Gasteiger partial charge is 0.490 e. The van der Waals surface area contributed by atoms with Gasteiger partial charge in [-0.15, -0.1) is 0 Å². The third-order valence-corrected chi connectivity index (χ3v) is 6.49. The van der Waals surface area contributed by atoms with E-state index in [0.29, 0.717) is 24.0 Å². The van der Waals surface area contributed by atoms with Gasteiger partial charge in [0.1, 0.15) is 0 Å². The van der Waals surface area contributed by atoms with Crippen LogP contribution in [0.3, 0.4) is 0 Å². The molecule has 2 saturated carbocycles. The van der Waals surface area contributed by atoms with Gasteiger partial charge in [0.2, 0.25) is 0 Å². The standard InChI is InChI=1S/C23H34N2O2.2C2HF3O2/c1-2-18(15-17-7-4-3-5-8-17)21-16-22(21)25-20-12-10-19(11-13-20)24-14-6-9-23(26)27;2*3-2(4,5)1(6)7/h3-5,7-8,15,19-22,24-25H,2,6,9-14,16H2,1H3,(H,26,27);2*(H,6,7)/b18-15+;;/t19-,20-,21-,22+;;/m0../s1. The van der Waals surface area contributed by atoms with E-state index in [4.69, 9.17) is 24.9 Å². The second-order valence-corrected chi connectivity index (χ2v) is 9.70. The van der Waals surface area contributed by atoms with Gasteiger partial charge in [0.05, 0.1) is 0 Å². The lowest BCUT2D eigenvalue weighted by molar-refractivity contribution is -0.193. The molecule has 0 radical (unpaired) electrons. The first-order valence-corrected chi connectivity index (χ1v) is 13.1. The molecule has 1 aromatic rings. The Morgan fingerprint density at radius 2 is 1.37 bits per heavy atom. The molecule has 0 spiro atoms. The number of hydrogen-bond donors (Lipinski definition) is 5. The number of aliphatic carboxylic acids is 3. The van der Waals surface area contributed by atoms with Crippen molar-refractivity contribution in [1.29, 1.82) is 0 Å². The molecule has 0 aromatic heterocycles. The van der Waals surface area contributed by atoms with Crippen LogP contribution in [0.1, 0.15) is 63.9 Å². The van der Waals surface area contributed by atoms with Crippen molar-refractivity contribution in [2.75, 3.05) is 6.54 Å². The van der Waals surface area contributed by atoms with Crippen LogP contribution in [0.4, 0.5) is 26.3 Å². The first-order valence-electron chi connectivity index (χ1n) is 13.1. The van der Waals surface area contributed by atoms with E-state index in [0.717, 1.165) is 19.4 Å². The van der Waals surface area contributed by atoms with Gasteiger partial charge < -0.3 is 26.0 Å². The van der Waals surface area contributed by atoms with Crippen LogP contribution in [0.15, 0.2) is 35.9 Å². The molecule has 0 heterocycles. The average molecular weight is 599 g/mol. The molecule has 5 N–H and O–H groups in total. The second kappa shape index (κ2) is 17.0. The predicted octanol–water partition coefficient (Wildman–Crippen LogP) is 5.49. The normalized spacial score (nSPS) is 22.4. The zero-order valence-corrected chi connectivity index (χ0v) is 22.5. The fraction of sp³-hybridized carbons (Fsp3) is 0.593. The van der Waals surface area contributed by atoms with Crippen molar-refractivity contribution in [3.05, 3.63) is 41.5 Å². The van der Waals surface area contributed by atoms with E-state index in [1.54, 1.807) is 5.57 Å². The summed E-state index contributed by atoms with van der Waals surface area (Å²) in [7, 11) is 0. The fourth-order valence-corrected chi connectivity index (χ4v) is 4.34. The topological polar surface area (TPSA) is 136 Å². The lowest BCUT2D eigenvalue weighted by Crippen LogP contribution is -2.41. The van der Waals surface area contributed by atoms with E-state index in [2.05, 4.69) is 54.0 Å². The number of benzene rings is 1. The maximum atomic E-state index is 10.6. The Morgan fingerprint density at radius 3 is 1.80 bits per heavy atom. The van der Waals surface area contributed by atoms with Crippen molar-refractivity contribution < 1.29 is 56.0 Å². The molecule has 2 fully saturated rings. The molecule has 0 aliphatic heterocycles. The van der Waals surface area contributed by atoms with Gasteiger partial charge in [-0.1, -0.05) is 48.9 Å². The summed E-state index contributed by atoms with van der Waals surface area (Å²) in [6, 6.07) is 12.5. The summed E-state index contributed by atoms with van der Waals surface area (Å²) in [5.74, 6) is -5.50. The molecule has 8 nitrogen and oxygen atoms in total. The molecular weight excluding hydrogens is 562 g/mol. The van der Waals surface area contributed by atoms with Gasteiger partial charge >= 0.3 is 30.3 Å². The molecule has 0 bridgehead atoms. The Kier molecular flexibility index (Phi) is 14.9. The quantitative estimate of drug-likeness (QED) is 0.176. The predicted molar refractivity (Wildman–Crippen MR) is 138 cm³/mol. The number of nitrogens with one attached hydrogen (secondary N) is 2. The Hall–Kier alpha value is -3.13. The number of halogens is 6. The summed E-state index contributed by atoms with van der Waals surface area (Å²) >= 11 is 0. The van der Waals surface area contributed by atoms with Gasteiger partial charge in [-0.3, -0.25) is 4.79 Å². The lowest BCUT2D eigenvalue weighted by atomic mass is 9.91. The van der Waals surface area contributed by atoms with Crippen molar-refractivity contribution >= 4 is 24.0 Å². The Morgan fingerprint density at radius 1 is 0.878 bits per heavy atom.